The van der Waals surface area contributed by atoms with Crippen LogP contribution in [0, 0.1) is 5.82 Å². The zero-order valence-electron chi connectivity index (χ0n) is 12.9. The lowest BCUT2D eigenvalue weighted by Crippen LogP contribution is -2.50. The molecule has 0 spiro atoms. The Kier molecular flexibility index (Phi) is 6.05. The molecule has 21 heavy (non-hydrogen) atoms. The molecule has 0 saturated carbocycles. The number of benzene rings is 1. The van der Waals surface area contributed by atoms with Gasteiger partial charge in [0.25, 0.3) is 0 Å². The predicted octanol–water partition coefficient (Wildman–Crippen LogP) is 2.31. The molecule has 1 aliphatic rings. The molecule has 1 fully saturated rings. The molecule has 1 aromatic rings. The van der Waals surface area contributed by atoms with Crippen molar-refractivity contribution >= 4 is 11.8 Å². The van der Waals surface area contributed by atoms with Gasteiger partial charge in [0.15, 0.2) is 0 Å². The molecule has 0 unspecified atom stereocenters. The van der Waals surface area contributed by atoms with E-state index >= 15 is 0 Å². The van der Waals surface area contributed by atoms with Gasteiger partial charge < -0.3 is 5.11 Å². The number of hydrogen-bond acceptors (Lipinski definition) is 4. The first-order valence-electron chi connectivity index (χ1n) is 7.48. The molecule has 0 atom stereocenters. The molecule has 118 valence electrons. The highest BCUT2D eigenvalue weighted by Gasteiger charge is 2.22. The molecule has 0 aromatic heterocycles. The van der Waals surface area contributed by atoms with Gasteiger partial charge in [0.2, 0.25) is 0 Å². The Morgan fingerprint density at radius 3 is 2.24 bits per heavy atom. The smallest absolute Gasteiger partial charge is 0.123 e. The fourth-order valence-electron chi connectivity index (χ4n) is 2.54. The Balaban J connectivity index is 1.64. The van der Waals surface area contributed by atoms with Gasteiger partial charge in [0, 0.05) is 49.9 Å². The van der Waals surface area contributed by atoms with Crippen molar-refractivity contribution in [3.63, 3.8) is 0 Å². The zero-order valence-corrected chi connectivity index (χ0v) is 13.7. The van der Waals surface area contributed by atoms with E-state index in [0.717, 1.165) is 49.9 Å². The third-order valence-electron chi connectivity index (χ3n) is 3.57. The van der Waals surface area contributed by atoms with Crippen molar-refractivity contribution < 1.29 is 9.50 Å². The van der Waals surface area contributed by atoms with Crippen LogP contribution in [0.4, 0.5) is 4.39 Å². The van der Waals surface area contributed by atoms with E-state index in [1.807, 2.05) is 26.0 Å². The molecule has 0 aliphatic carbocycles. The summed E-state index contributed by atoms with van der Waals surface area (Å²) >= 11 is 1.77. The van der Waals surface area contributed by atoms with Crippen LogP contribution in [-0.2, 0) is 0 Å². The Labute approximate surface area is 131 Å². The van der Waals surface area contributed by atoms with E-state index in [9.17, 15) is 9.50 Å². The number of piperazine rings is 1. The lowest BCUT2D eigenvalue weighted by atomic mass is 10.1. The van der Waals surface area contributed by atoms with Crippen LogP contribution in [-0.4, -0.2) is 65.5 Å². The van der Waals surface area contributed by atoms with Crippen LogP contribution in [0.5, 0.6) is 0 Å². The molecule has 0 bridgehead atoms. The number of nitrogens with zero attached hydrogens (tertiary/aromatic N) is 2. The molecular formula is C16H25FN2OS. The van der Waals surface area contributed by atoms with Gasteiger partial charge in [0.05, 0.1) is 5.60 Å². The van der Waals surface area contributed by atoms with E-state index in [4.69, 9.17) is 0 Å². The molecule has 1 N–H and O–H groups in total. The standard InChI is InChI=1S/C16H25FN2OS/c1-16(2,20)13-19-9-7-18(8-10-19)11-12-21-15-5-3-14(17)4-6-15/h3-6,20H,7-13H2,1-2H3. The van der Waals surface area contributed by atoms with Crippen LogP contribution in [0.2, 0.25) is 0 Å². The van der Waals surface area contributed by atoms with E-state index in [1.165, 1.54) is 12.1 Å². The molecule has 3 nitrogen and oxygen atoms in total. The minimum atomic E-state index is -0.611. The third kappa shape index (κ3) is 6.34. The number of aliphatic hydroxyl groups is 1. The topological polar surface area (TPSA) is 26.7 Å². The van der Waals surface area contributed by atoms with Crippen molar-refractivity contribution in [3.8, 4) is 0 Å². The second-order valence-corrected chi connectivity index (χ2v) is 7.40. The maximum atomic E-state index is 12.8. The van der Waals surface area contributed by atoms with Gasteiger partial charge in [-0.25, -0.2) is 4.39 Å². The van der Waals surface area contributed by atoms with Crippen LogP contribution in [0.3, 0.4) is 0 Å². The Bertz CT molecular complexity index is 425. The van der Waals surface area contributed by atoms with E-state index in [1.54, 1.807) is 11.8 Å². The minimum Gasteiger partial charge on any atom is -0.389 e. The van der Waals surface area contributed by atoms with Gasteiger partial charge >= 0.3 is 0 Å². The van der Waals surface area contributed by atoms with E-state index in [-0.39, 0.29) is 5.82 Å². The fourth-order valence-corrected chi connectivity index (χ4v) is 3.46. The zero-order chi connectivity index (χ0) is 15.3. The van der Waals surface area contributed by atoms with Crippen LogP contribution < -0.4 is 0 Å². The lowest BCUT2D eigenvalue weighted by Gasteiger charge is -2.37. The average molecular weight is 312 g/mol. The number of hydrogen-bond donors (Lipinski definition) is 1. The summed E-state index contributed by atoms with van der Waals surface area (Å²) in [7, 11) is 0. The van der Waals surface area contributed by atoms with Gasteiger partial charge in [-0.05, 0) is 38.1 Å². The second-order valence-electron chi connectivity index (χ2n) is 6.23. The van der Waals surface area contributed by atoms with Crippen LogP contribution in [0.15, 0.2) is 29.2 Å². The SMILES string of the molecule is CC(C)(O)CN1CCN(CCSc2ccc(F)cc2)CC1. The van der Waals surface area contributed by atoms with Crippen molar-refractivity contribution in [3.05, 3.63) is 30.1 Å². The largest absolute Gasteiger partial charge is 0.389 e. The Hall–Kier alpha value is -0.620. The molecule has 1 heterocycles. The maximum absolute atomic E-state index is 12.8. The van der Waals surface area contributed by atoms with E-state index in [0.29, 0.717) is 0 Å². The van der Waals surface area contributed by atoms with Crippen molar-refractivity contribution in [2.24, 2.45) is 0 Å². The minimum absolute atomic E-state index is 0.178. The third-order valence-corrected chi connectivity index (χ3v) is 4.56. The van der Waals surface area contributed by atoms with E-state index in [2.05, 4.69) is 9.80 Å². The number of halogens is 1. The summed E-state index contributed by atoms with van der Waals surface area (Å²) < 4.78 is 12.8. The lowest BCUT2D eigenvalue weighted by molar-refractivity contribution is 0.0186. The number of thioether (sulfide) groups is 1. The van der Waals surface area contributed by atoms with Crippen LogP contribution >= 0.6 is 11.8 Å². The summed E-state index contributed by atoms with van der Waals surface area (Å²) in [4.78, 5) is 5.90. The number of rotatable bonds is 6. The second kappa shape index (κ2) is 7.58. The quantitative estimate of drug-likeness (QED) is 0.816. The summed E-state index contributed by atoms with van der Waals surface area (Å²) in [6.45, 7) is 9.66. The molecule has 0 radical (unpaired) electrons. The van der Waals surface area contributed by atoms with Gasteiger partial charge in [-0.3, -0.25) is 9.80 Å². The molecular weight excluding hydrogens is 287 g/mol. The van der Waals surface area contributed by atoms with Crippen molar-refractivity contribution in [2.45, 2.75) is 24.3 Å². The molecule has 1 aliphatic heterocycles. The number of β-amino-alcohol motifs (C(OH)–C–C–N with tert-alkyl or cyclic N) is 1. The molecule has 5 heteroatoms. The van der Waals surface area contributed by atoms with Gasteiger partial charge in [0.1, 0.15) is 5.82 Å². The highest BCUT2D eigenvalue weighted by Crippen LogP contribution is 2.18. The van der Waals surface area contributed by atoms with Crippen molar-refractivity contribution in [2.75, 3.05) is 45.0 Å². The highest BCUT2D eigenvalue weighted by molar-refractivity contribution is 7.99. The van der Waals surface area contributed by atoms with Gasteiger partial charge in [-0.1, -0.05) is 0 Å². The molecule has 1 saturated heterocycles. The summed E-state index contributed by atoms with van der Waals surface area (Å²) in [5.41, 5.74) is -0.611. The Morgan fingerprint density at radius 2 is 1.67 bits per heavy atom. The van der Waals surface area contributed by atoms with E-state index < -0.39 is 5.60 Å². The summed E-state index contributed by atoms with van der Waals surface area (Å²) in [5, 5.41) is 9.84. The summed E-state index contributed by atoms with van der Waals surface area (Å²) in [6.07, 6.45) is 0. The maximum Gasteiger partial charge on any atom is 0.123 e. The molecule has 2 rings (SSSR count). The highest BCUT2D eigenvalue weighted by atomic mass is 32.2. The first-order chi connectivity index (χ1) is 9.92. The average Bonchev–Trinajstić information content (AvgIpc) is 2.41. The molecule has 0 amide bonds. The first-order valence-corrected chi connectivity index (χ1v) is 8.46. The van der Waals surface area contributed by atoms with Crippen LogP contribution in [0.1, 0.15) is 13.8 Å². The normalized spacial score (nSPS) is 18.1. The fraction of sp³-hybridized carbons (Fsp3) is 0.625. The monoisotopic (exact) mass is 312 g/mol. The van der Waals surface area contributed by atoms with Crippen molar-refractivity contribution in [1.82, 2.24) is 9.80 Å². The summed E-state index contributed by atoms with van der Waals surface area (Å²) in [5.74, 6) is 0.846. The Morgan fingerprint density at radius 1 is 1.10 bits per heavy atom. The predicted molar refractivity (Wildman–Crippen MR) is 86.3 cm³/mol. The summed E-state index contributed by atoms with van der Waals surface area (Å²) in [6, 6.07) is 6.69. The van der Waals surface area contributed by atoms with Gasteiger partial charge in [-0.15, -0.1) is 11.8 Å². The van der Waals surface area contributed by atoms with Crippen molar-refractivity contribution in [1.29, 1.82) is 0 Å². The first kappa shape index (κ1) is 16.7. The van der Waals surface area contributed by atoms with Crippen LogP contribution in [0.25, 0.3) is 0 Å². The van der Waals surface area contributed by atoms with Gasteiger partial charge in [-0.2, -0.15) is 0 Å². The molecule has 1 aromatic carbocycles.